The minimum atomic E-state index is -4.50. The Balaban J connectivity index is 2.05. The molecule has 0 unspecified atom stereocenters. The van der Waals surface area contributed by atoms with Crippen LogP contribution < -0.4 is 5.32 Å². The number of hydrogen-bond donors (Lipinski definition) is 1. The summed E-state index contributed by atoms with van der Waals surface area (Å²) in [5, 5.41) is 2.43. The molecule has 0 radical (unpaired) electrons. The summed E-state index contributed by atoms with van der Waals surface area (Å²) in [5.41, 5.74) is 0.721. The molecule has 1 aromatic carbocycles. The fourth-order valence-electron chi connectivity index (χ4n) is 1.72. The van der Waals surface area contributed by atoms with Crippen molar-refractivity contribution in [3.05, 3.63) is 63.9 Å². The van der Waals surface area contributed by atoms with Crippen molar-refractivity contribution in [1.82, 2.24) is 10.3 Å². The van der Waals surface area contributed by atoms with Gasteiger partial charge in [0.25, 0.3) is 5.91 Å². The number of amides is 1. The lowest BCUT2D eigenvalue weighted by atomic mass is 10.1. The van der Waals surface area contributed by atoms with E-state index in [2.05, 4.69) is 10.3 Å². The number of aromatic nitrogens is 1. The Labute approximate surface area is 130 Å². The third kappa shape index (κ3) is 3.98. The highest BCUT2D eigenvalue weighted by Crippen LogP contribution is 2.30. The first-order chi connectivity index (χ1) is 10.3. The molecular weight excluding hydrogens is 317 g/mol. The quantitative estimate of drug-likeness (QED) is 0.925. The summed E-state index contributed by atoms with van der Waals surface area (Å²) >= 11 is 5.77. The average Bonchev–Trinajstić information content (AvgIpc) is 2.45. The van der Waals surface area contributed by atoms with Crippen LogP contribution in [0.5, 0.6) is 0 Å². The Hall–Kier alpha value is -2.08. The van der Waals surface area contributed by atoms with Gasteiger partial charge >= 0.3 is 6.18 Å². The predicted molar refractivity (Wildman–Crippen MR) is 76.6 cm³/mol. The molecule has 1 aromatic heterocycles. The molecule has 2 aromatic rings. The molecule has 0 saturated heterocycles. The monoisotopic (exact) mass is 328 g/mol. The number of aryl methyl sites for hydroxylation is 1. The van der Waals surface area contributed by atoms with Gasteiger partial charge in [0.15, 0.2) is 0 Å². The van der Waals surface area contributed by atoms with Crippen molar-refractivity contribution in [2.45, 2.75) is 19.6 Å². The van der Waals surface area contributed by atoms with E-state index in [1.807, 2.05) is 6.92 Å². The minimum absolute atomic E-state index is 0.0519. The van der Waals surface area contributed by atoms with E-state index in [0.29, 0.717) is 11.8 Å². The van der Waals surface area contributed by atoms with Gasteiger partial charge in [-0.05, 0) is 25.1 Å². The van der Waals surface area contributed by atoms with Crippen LogP contribution in [0.15, 0.2) is 36.5 Å². The fraction of sp³-hybridized carbons (Fsp3) is 0.200. The second-order valence-corrected chi connectivity index (χ2v) is 5.11. The van der Waals surface area contributed by atoms with Crippen molar-refractivity contribution >= 4 is 17.5 Å². The SMILES string of the molecule is Cc1ccc(C(=O)NCc2ncc(C(F)(F)F)cc2Cl)cc1. The molecule has 0 spiro atoms. The molecule has 1 amide bonds. The van der Waals surface area contributed by atoms with Gasteiger partial charge in [-0.2, -0.15) is 13.2 Å². The smallest absolute Gasteiger partial charge is 0.346 e. The third-order valence-electron chi connectivity index (χ3n) is 2.97. The zero-order valence-electron chi connectivity index (χ0n) is 11.5. The van der Waals surface area contributed by atoms with Crippen LogP contribution in [0.1, 0.15) is 27.2 Å². The van der Waals surface area contributed by atoms with E-state index in [9.17, 15) is 18.0 Å². The van der Waals surface area contributed by atoms with Crippen molar-refractivity contribution < 1.29 is 18.0 Å². The second-order valence-electron chi connectivity index (χ2n) is 4.70. The molecule has 0 aliphatic rings. The van der Waals surface area contributed by atoms with Gasteiger partial charge in [0, 0.05) is 11.8 Å². The van der Waals surface area contributed by atoms with Gasteiger partial charge < -0.3 is 5.32 Å². The van der Waals surface area contributed by atoms with Gasteiger partial charge in [0.2, 0.25) is 0 Å². The summed E-state index contributed by atoms with van der Waals surface area (Å²) in [6.07, 6.45) is -3.81. The number of pyridine rings is 1. The standard InChI is InChI=1S/C15H12ClF3N2O/c1-9-2-4-10(5-3-9)14(22)21-8-13-12(16)6-11(7-20-13)15(17,18)19/h2-7H,8H2,1H3,(H,21,22). The van der Waals surface area contributed by atoms with Crippen molar-refractivity contribution in [1.29, 1.82) is 0 Å². The fourth-order valence-corrected chi connectivity index (χ4v) is 1.96. The van der Waals surface area contributed by atoms with E-state index in [-0.39, 0.29) is 23.2 Å². The first-order valence-corrected chi connectivity index (χ1v) is 6.71. The Bertz CT molecular complexity index is 684. The number of hydrogen-bond acceptors (Lipinski definition) is 2. The van der Waals surface area contributed by atoms with Crippen LogP contribution in [0.4, 0.5) is 13.2 Å². The second kappa shape index (κ2) is 6.36. The van der Waals surface area contributed by atoms with Crippen LogP contribution in [0, 0.1) is 6.92 Å². The predicted octanol–water partition coefficient (Wildman–Crippen LogP) is 3.99. The lowest BCUT2D eigenvalue weighted by Gasteiger charge is -2.10. The maximum Gasteiger partial charge on any atom is 0.417 e. The molecule has 22 heavy (non-hydrogen) atoms. The Morgan fingerprint density at radius 2 is 1.91 bits per heavy atom. The summed E-state index contributed by atoms with van der Waals surface area (Å²) in [4.78, 5) is 15.6. The molecule has 7 heteroatoms. The number of carbonyl (C=O) groups excluding carboxylic acids is 1. The van der Waals surface area contributed by atoms with Crippen LogP contribution in [0.25, 0.3) is 0 Å². The lowest BCUT2D eigenvalue weighted by Crippen LogP contribution is -2.23. The third-order valence-corrected chi connectivity index (χ3v) is 3.30. The van der Waals surface area contributed by atoms with E-state index >= 15 is 0 Å². The summed E-state index contributed by atoms with van der Waals surface area (Å²) in [6.45, 7) is 1.84. The number of nitrogens with one attached hydrogen (secondary N) is 1. The normalized spacial score (nSPS) is 11.3. The number of benzene rings is 1. The topological polar surface area (TPSA) is 42.0 Å². The molecule has 0 saturated carbocycles. The lowest BCUT2D eigenvalue weighted by molar-refractivity contribution is -0.137. The van der Waals surface area contributed by atoms with E-state index < -0.39 is 11.7 Å². The summed E-state index contributed by atoms with van der Waals surface area (Å²) < 4.78 is 37.5. The Morgan fingerprint density at radius 1 is 1.27 bits per heavy atom. The van der Waals surface area contributed by atoms with Crippen molar-refractivity contribution in [2.75, 3.05) is 0 Å². The van der Waals surface area contributed by atoms with Gasteiger partial charge in [-0.15, -0.1) is 0 Å². The highest BCUT2D eigenvalue weighted by Gasteiger charge is 2.31. The van der Waals surface area contributed by atoms with Crippen LogP contribution in [-0.2, 0) is 12.7 Å². The van der Waals surface area contributed by atoms with Crippen LogP contribution in [0.3, 0.4) is 0 Å². The molecule has 2 rings (SSSR count). The molecule has 3 nitrogen and oxygen atoms in total. The number of nitrogens with zero attached hydrogens (tertiary/aromatic N) is 1. The van der Waals surface area contributed by atoms with Gasteiger partial charge in [0.05, 0.1) is 22.8 Å². The molecule has 0 fully saturated rings. The Morgan fingerprint density at radius 3 is 2.45 bits per heavy atom. The largest absolute Gasteiger partial charge is 0.417 e. The molecule has 1 heterocycles. The van der Waals surface area contributed by atoms with E-state index in [0.717, 1.165) is 11.6 Å². The molecule has 0 aliphatic carbocycles. The van der Waals surface area contributed by atoms with Crippen molar-refractivity contribution in [3.8, 4) is 0 Å². The van der Waals surface area contributed by atoms with Crippen LogP contribution in [-0.4, -0.2) is 10.9 Å². The molecule has 0 bridgehead atoms. The first kappa shape index (κ1) is 16.3. The van der Waals surface area contributed by atoms with E-state index in [1.165, 1.54) is 0 Å². The first-order valence-electron chi connectivity index (χ1n) is 6.34. The zero-order chi connectivity index (χ0) is 16.3. The maximum atomic E-state index is 12.5. The number of rotatable bonds is 3. The number of carbonyl (C=O) groups is 1. The van der Waals surface area contributed by atoms with E-state index in [4.69, 9.17) is 11.6 Å². The molecule has 0 atom stereocenters. The van der Waals surface area contributed by atoms with E-state index in [1.54, 1.807) is 24.3 Å². The number of alkyl halides is 3. The molecule has 1 N–H and O–H groups in total. The minimum Gasteiger partial charge on any atom is -0.346 e. The van der Waals surface area contributed by atoms with Crippen molar-refractivity contribution in [3.63, 3.8) is 0 Å². The summed E-state index contributed by atoms with van der Waals surface area (Å²) in [5.74, 6) is -0.349. The van der Waals surface area contributed by atoms with Gasteiger partial charge in [-0.25, -0.2) is 0 Å². The maximum absolute atomic E-state index is 12.5. The molecule has 0 aliphatic heterocycles. The van der Waals surface area contributed by atoms with Gasteiger partial charge in [-0.1, -0.05) is 29.3 Å². The average molecular weight is 329 g/mol. The van der Waals surface area contributed by atoms with Crippen LogP contribution in [0.2, 0.25) is 5.02 Å². The number of halogens is 4. The van der Waals surface area contributed by atoms with Crippen molar-refractivity contribution in [2.24, 2.45) is 0 Å². The molecular formula is C15H12ClF3N2O. The molecule has 116 valence electrons. The van der Waals surface area contributed by atoms with Gasteiger partial charge in [-0.3, -0.25) is 9.78 Å². The highest BCUT2D eigenvalue weighted by atomic mass is 35.5. The Kier molecular flexibility index (Phi) is 4.71. The van der Waals surface area contributed by atoms with Gasteiger partial charge in [0.1, 0.15) is 0 Å². The summed E-state index contributed by atoms with van der Waals surface area (Å²) in [7, 11) is 0. The zero-order valence-corrected chi connectivity index (χ0v) is 12.3. The summed E-state index contributed by atoms with van der Waals surface area (Å²) in [6, 6.07) is 7.69. The highest BCUT2D eigenvalue weighted by molar-refractivity contribution is 6.31. The van der Waals surface area contributed by atoms with Crippen LogP contribution >= 0.6 is 11.6 Å².